The Labute approximate surface area is 183 Å². The van der Waals surface area contributed by atoms with E-state index in [4.69, 9.17) is 9.63 Å². The molecule has 2 heterocycles. The summed E-state index contributed by atoms with van der Waals surface area (Å²) < 4.78 is 20.6. The van der Waals surface area contributed by atoms with Crippen molar-refractivity contribution in [1.29, 1.82) is 0 Å². The highest BCUT2D eigenvalue weighted by Crippen LogP contribution is 2.37. The number of benzene rings is 1. The first-order valence-corrected chi connectivity index (χ1v) is 12.5. The molecule has 1 aliphatic rings. The van der Waals surface area contributed by atoms with Crippen LogP contribution in [0.2, 0.25) is 0 Å². The van der Waals surface area contributed by atoms with Gasteiger partial charge in [0.1, 0.15) is 6.61 Å². The van der Waals surface area contributed by atoms with Crippen molar-refractivity contribution in [2.75, 3.05) is 32.1 Å². The molecule has 0 radical (unpaired) electrons. The van der Waals surface area contributed by atoms with Gasteiger partial charge in [0.25, 0.3) is 0 Å². The average Bonchev–Trinajstić information content (AvgIpc) is 2.73. The van der Waals surface area contributed by atoms with Gasteiger partial charge in [-0.1, -0.05) is 36.8 Å². The van der Waals surface area contributed by atoms with Crippen LogP contribution in [-0.4, -0.2) is 42.0 Å². The molecule has 2 aromatic rings. The number of nitrogens with one attached hydrogen (secondary N) is 1. The maximum atomic E-state index is 10.4. The van der Waals surface area contributed by atoms with Crippen molar-refractivity contribution in [3.05, 3.63) is 59.9 Å². The Morgan fingerprint density at radius 2 is 2.00 bits per heavy atom. The van der Waals surface area contributed by atoms with E-state index in [1.807, 2.05) is 24.0 Å². The smallest absolute Gasteiger partial charge is 0.379 e. The quantitative estimate of drug-likeness (QED) is 0.250. The number of hydrogen-bond acceptors (Lipinski definition) is 6. The molecule has 1 unspecified atom stereocenters. The Bertz CT molecular complexity index is 772. The van der Waals surface area contributed by atoms with Gasteiger partial charge in [-0.25, -0.2) is 0 Å². The molecule has 2 N–H and O–H groups in total. The van der Waals surface area contributed by atoms with Gasteiger partial charge in [-0.05, 0) is 49.3 Å². The van der Waals surface area contributed by atoms with Crippen molar-refractivity contribution in [3.8, 4) is 0 Å². The summed E-state index contributed by atoms with van der Waals surface area (Å²) >= 11 is 1.86. The molecule has 1 fully saturated rings. The lowest BCUT2D eigenvalue weighted by Crippen LogP contribution is -2.46. The Hall–Kier alpha value is -1.34. The van der Waals surface area contributed by atoms with E-state index in [0.717, 1.165) is 31.2 Å². The van der Waals surface area contributed by atoms with E-state index in [1.165, 1.54) is 29.7 Å². The fourth-order valence-corrected chi connectivity index (χ4v) is 4.67. The second-order valence-electron chi connectivity index (χ2n) is 7.53. The van der Waals surface area contributed by atoms with Crippen LogP contribution >= 0.6 is 20.0 Å². The molecule has 1 aromatic carbocycles. The van der Waals surface area contributed by atoms with Crippen LogP contribution in [0.3, 0.4) is 0 Å². The number of aromatic nitrogens is 1. The monoisotopic (exact) mass is 449 g/mol. The predicted octanol–water partition coefficient (Wildman–Crippen LogP) is 4.46. The van der Waals surface area contributed by atoms with E-state index in [1.54, 1.807) is 0 Å². The highest BCUT2D eigenvalue weighted by Gasteiger charge is 2.39. The molecular weight excluding hydrogens is 419 g/mol. The third kappa shape index (κ3) is 7.41. The van der Waals surface area contributed by atoms with Gasteiger partial charge < -0.3 is 10.1 Å². The van der Waals surface area contributed by atoms with Crippen LogP contribution in [0.25, 0.3) is 0 Å². The van der Waals surface area contributed by atoms with Crippen LogP contribution in [0.15, 0.2) is 53.6 Å². The molecule has 1 atom stereocenters. The molecule has 162 valence electrons. The fraction of sp³-hybridized carbons (Fsp3) is 0.500. The number of unbranched alkanes of at least 4 members (excludes halogenated alkanes) is 1. The van der Waals surface area contributed by atoms with Crippen LogP contribution in [0.4, 0.5) is 0 Å². The molecule has 1 saturated heterocycles. The normalized spacial score (nSPS) is 15.6. The summed E-state index contributed by atoms with van der Waals surface area (Å²) in [6, 6.07) is 14.9. The molecule has 0 saturated carbocycles. The van der Waals surface area contributed by atoms with Crippen LogP contribution in [0, 0.1) is 0 Å². The van der Waals surface area contributed by atoms with Crippen LogP contribution in [-0.2, 0) is 25.8 Å². The minimum absolute atomic E-state index is 0.226. The third-order valence-corrected chi connectivity index (χ3v) is 6.74. The first-order chi connectivity index (χ1) is 14.7. The predicted molar refractivity (Wildman–Crippen MR) is 120 cm³/mol. The van der Waals surface area contributed by atoms with Crippen LogP contribution < -0.4 is 5.32 Å². The molecule has 0 aliphatic carbocycles. The summed E-state index contributed by atoms with van der Waals surface area (Å²) in [6.07, 6.45) is 6.19. The number of rotatable bonds is 14. The highest BCUT2D eigenvalue weighted by atomic mass is 32.2. The van der Waals surface area contributed by atoms with E-state index in [-0.39, 0.29) is 12.0 Å². The summed E-state index contributed by atoms with van der Waals surface area (Å²) in [5.41, 5.74) is 2.63. The zero-order valence-corrected chi connectivity index (χ0v) is 18.9. The summed E-state index contributed by atoms with van der Waals surface area (Å²) in [5, 5.41) is 3.26. The second kappa shape index (κ2) is 12.5. The summed E-state index contributed by atoms with van der Waals surface area (Å²) in [7, 11) is -2.49. The van der Waals surface area contributed by atoms with Crippen molar-refractivity contribution >= 4 is 20.0 Å². The summed E-state index contributed by atoms with van der Waals surface area (Å²) in [4.78, 5) is 14.3. The van der Waals surface area contributed by atoms with Gasteiger partial charge in [0.15, 0.2) is 0 Å². The first-order valence-electron chi connectivity index (χ1n) is 10.4. The van der Waals surface area contributed by atoms with Crippen molar-refractivity contribution in [3.63, 3.8) is 0 Å². The van der Waals surface area contributed by atoms with Gasteiger partial charge >= 0.3 is 8.25 Å². The van der Waals surface area contributed by atoms with Gasteiger partial charge in [0.2, 0.25) is 0 Å². The number of pyridine rings is 1. The largest absolute Gasteiger partial charge is 0.694 e. The first kappa shape index (κ1) is 23.3. The topological polar surface area (TPSA) is 80.7 Å². The standard InChI is InChI=1S/C22H29N2O4PS/c25-29(26)28-13-6-12-23-15-20-9-10-21(16-24-20)30-14-5-4-11-22(17-27-18-22)19-7-2-1-3-8-19/h1-3,7-10,16,23H,4-6,11-15,17-18H2/p+1. The van der Waals surface area contributed by atoms with Crippen molar-refractivity contribution in [2.45, 2.75) is 42.5 Å². The summed E-state index contributed by atoms with van der Waals surface area (Å²) in [5.74, 6) is 1.10. The third-order valence-electron chi connectivity index (χ3n) is 5.26. The molecule has 0 spiro atoms. The maximum Gasteiger partial charge on any atom is 0.694 e. The lowest BCUT2D eigenvalue weighted by molar-refractivity contribution is -0.0652. The average molecular weight is 450 g/mol. The molecule has 8 heteroatoms. The fourth-order valence-electron chi connectivity index (χ4n) is 3.51. The zero-order valence-electron chi connectivity index (χ0n) is 17.2. The molecule has 1 aliphatic heterocycles. The van der Waals surface area contributed by atoms with Gasteiger partial charge in [0.05, 0.1) is 18.9 Å². The number of nitrogens with zero attached hydrogens (tertiary/aromatic N) is 1. The van der Waals surface area contributed by atoms with Gasteiger partial charge in [-0.15, -0.1) is 21.2 Å². The van der Waals surface area contributed by atoms with Gasteiger partial charge in [0, 0.05) is 27.6 Å². The van der Waals surface area contributed by atoms with E-state index in [0.29, 0.717) is 13.0 Å². The summed E-state index contributed by atoms with van der Waals surface area (Å²) in [6.45, 7) is 3.37. The minimum atomic E-state index is -2.49. The van der Waals surface area contributed by atoms with Crippen molar-refractivity contribution in [1.82, 2.24) is 10.3 Å². The Morgan fingerprint density at radius 3 is 2.67 bits per heavy atom. The second-order valence-corrected chi connectivity index (χ2v) is 9.43. The van der Waals surface area contributed by atoms with E-state index < -0.39 is 8.25 Å². The molecule has 30 heavy (non-hydrogen) atoms. The molecular formula is C22H30N2O4PS+. The number of hydrogen-bond donors (Lipinski definition) is 2. The minimum Gasteiger partial charge on any atom is -0.379 e. The Kier molecular flexibility index (Phi) is 9.72. The zero-order chi connectivity index (χ0) is 21.1. The lowest BCUT2D eigenvalue weighted by Gasteiger charge is -2.42. The van der Waals surface area contributed by atoms with Crippen molar-refractivity contribution < 1.29 is 18.7 Å². The van der Waals surface area contributed by atoms with E-state index in [9.17, 15) is 4.57 Å². The molecule has 3 rings (SSSR count). The van der Waals surface area contributed by atoms with Gasteiger partial charge in [-0.3, -0.25) is 4.98 Å². The maximum absolute atomic E-state index is 10.4. The number of thioether (sulfide) groups is 1. The molecule has 0 amide bonds. The lowest BCUT2D eigenvalue weighted by atomic mass is 9.75. The van der Waals surface area contributed by atoms with Gasteiger partial charge in [-0.2, -0.15) is 0 Å². The van der Waals surface area contributed by atoms with Crippen LogP contribution in [0.5, 0.6) is 0 Å². The SMILES string of the molecule is O=[P+](O)OCCCNCc1ccc(SCCCCC2(c3ccccc3)COC2)cn1. The van der Waals surface area contributed by atoms with Crippen LogP contribution in [0.1, 0.15) is 36.9 Å². The molecule has 1 aromatic heterocycles. The molecule has 6 nitrogen and oxygen atoms in total. The molecule has 0 bridgehead atoms. The number of ether oxygens (including phenoxy) is 1. The highest BCUT2D eigenvalue weighted by molar-refractivity contribution is 7.99. The van der Waals surface area contributed by atoms with E-state index >= 15 is 0 Å². The van der Waals surface area contributed by atoms with Crippen molar-refractivity contribution in [2.24, 2.45) is 0 Å². The Morgan fingerprint density at radius 1 is 1.17 bits per heavy atom. The Balaban J connectivity index is 1.29. The van der Waals surface area contributed by atoms with E-state index in [2.05, 4.69) is 51.2 Å².